The Hall–Kier alpha value is -1.79. The van der Waals surface area contributed by atoms with E-state index in [4.69, 9.17) is 26.2 Å². The minimum atomic E-state index is -1.31. The third-order valence-corrected chi connectivity index (χ3v) is 3.39. The fraction of sp³-hybridized carbons (Fsp3) is 0.750. The van der Waals surface area contributed by atoms with Crippen LogP contribution in [0.1, 0.15) is 0 Å². The SMILES string of the molecule is NC(CNC(C[N+](CCO)(CCO)CC(=O)O)C(=O)O)C(=O)O. The van der Waals surface area contributed by atoms with Gasteiger partial charge in [0, 0.05) is 6.54 Å². The first-order chi connectivity index (χ1) is 10.7. The number of carboxylic acid groups (broad SMARTS) is 3. The number of carboxylic acids is 3. The molecule has 0 aliphatic carbocycles. The van der Waals surface area contributed by atoms with Crippen LogP contribution in [0.3, 0.4) is 0 Å². The number of nitrogens with two attached hydrogens (primary N) is 1. The largest absolute Gasteiger partial charge is 0.480 e. The zero-order valence-corrected chi connectivity index (χ0v) is 12.6. The second-order valence-electron chi connectivity index (χ2n) is 5.21. The fourth-order valence-electron chi connectivity index (χ4n) is 2.20. The summed E-state index contributed by atoms with van der Waals surface area (Å²) >= 11 is 0. The maximum absolute atomic E-state index is 11.3. The molecule has 2 atom stereocenters. The Bertz CT molecular complexity index is 411. The van der Waals surface area contributed by atoms with Gasteiger partial charge in [-0.25, -0.2) is 4.79 Å². The van der Waals surface area contributed by atoms with Crippen molar-refractivity contribution >= 4 is 17.9 Å². The highest BCUT2D eigenvalue weighted by Crippen LogP contribution is 2.09. The molecule has 2 unspecified atom stereocenters. The van der Waals surface area contributed by atoms with Gasteiger partial charge in [-0.3, -0.25) is 14.9 Å². The van der Waals surface area contributed by atoms with Crippen LogP contribution in [0.4, 0.5) is 0 Å². The van der Waals surface area contributed by atoms with Crippen molar-refractivity contribution in [1.82, 2.24) is 5.32 Å². The first-order valence-corrected chi connectivity index (χ1v) is 6.90. The first-order valence-electron chi connectivity index (χ1n) is 6.90. The molecule has 0 amide bonds. The highest BCUT2D eigenvalue weighted by atomic mass is 16.4. The van der Waals surface area contributed by atoms with Gasteiger partial charge in [0.2, 0.25) is 0 Å². The van der Waals surface area contributed by atoms with Gasteiger partial charge in [-0.15, -0.1) is 0 Å². The van der Waals surface area contributed by atoms with Crippen molar-refractivity contribution in [3.8, 4) is 0 Å². The van der Waals surface area contributed by atoms with Crippen molar-refractivity contribution in [3.05, 3.63) is 0 Å². The average Bonchev–Trinajstić information content (AvgIpc) is 2.42. The van der Waals surface area contributed by atoms with E-state index in [0.717, 1.165) is 0 Å². The number of aliphatic carboxylic acids is 3. The summed E-state index contributed by atoms with van der Waals surface area (Å²) in [5, 5.41) is 47.6. The maximum Gasteiger partial charge on any atom is 0.359 e. The lowest BCUT2D eigenvalue weighted by Gasteiger charge is -2.38. The Morgan fingerprint density at radius 3 is 1.87 bits per heavy atom. The summed E-state index contributed by atoms with van der Waals surface area (Å²) in [7, 11) is 0. The molecule has 0 aromatic heterocycles. The molecule has 0 aromatic rings. The monoisotopic (exact) mass is 338 g/mol. The lowest BCUT2D eigenvalue weighted by molar-refractivity contribution is -0.922. The number of aliphatic hydroxyl groups excluding tert-OH is 2. The molecule has 134 valence electrons. The van der Waals surface area contributed by atoms with Crippen LogP contribution in [-0.2, 0) is 14.4 Å². The molecule has 0 aromatic carbocycles. The summed E-state index contributed by atoms with van der Waals surface area (Å²) < 4.78 is -0.366. The van der Waals surface area contributed by atoms with Gasteiger partial charge in [0.25, 0.3) is 0 Å². The van der Waals surface area contributed by atoms with E-state index < -0.39 is 49.8 Å². The van der Waals surface area contributed by atoms with Crippen molar-refractivity contribution in [3.63, 3.8) is 0 Å². The van der Waals surface area contributed by atoms with E-state index in [2.05, 4.69) is 5.32 Å². The van der Waals surface area contributed by atoms with Crippen LogP contribution in [-0.4, -0.2) is 106 Å². The first kappa shape index (κ1) is 21.2. The quantitative estimate of drug-likeness (QED) is 0.165. The predicted octanol–water partition coefficient (Wildman–Crippen LogP) is -3.67. The molecule has 23 heavy (non-hydrogen) atoms. The minimum Gasteiger partial charge on any atom is -0.480 e. The summed E-state index contributed by atoms with van der Waals surface area (Å²) in [5.41, 5.74) is 5.29. The second kappa shape index (κ2) is 10.1. The van der Waals surface area contributed by atoms with Crippen LogP contribution in [0.2, 0.25) is 0 Å². The van der Waals surface area contributed by atoms with Crippen molar-refractivity contribution < 1.29 is 44.4 Å². The standard InChI is InChI=1S/C12H23N3O8/c13-8(11(20)21)5-14-9(12(22)23)6-15(1-3-16,2-4-17)7-10(18)19/h8-9,14,16-17H,1-7,13H2,(H2-,18,19,20,21,22,23)/p+1. The molecule has 0 saturated heterocycles. The number of nitrogens with one attached hydrogen (secondary N) is 1. The highest BCUT2D eigenvalue weighted by molar-refractivity contribution is 5.75. The highest BCUT2D eigenvalue weighted by Gasteiger charge is 2.36. The minimum absolute atomic E-state index is 0.0662. The van der Waals surface area contributed by atoms with E-state index in [1.807, 2.05) is 0 Å². The van der Waals surface area contributed by atoms with Crippen LogP contribution in [0.25, 0.3) is 0 Å². The van der Waals surface area contributed by atoms with Gasteiger partial charge >= 0.3 is 17.9 Å². The predicted molar refractivity (Wildman–Crippen MR) is 76.6 cm³/mol. The maximum atomic E-state index is 11.3. The smallest absolute Gasteiger partial charge is 0.359 e. The number of rotatable bonds is 13. The van der Waals surface area contributed by atoms with E-state index in [0.29, 0.717) is 0 Å². The van der Waals surface area contributed by atoms with E-state index in [1.165, 1.54) is 0 Å². The van der Waals surface area contributed by atoms with Gasteiger partial charge in [-0.05, 0) is 0 Å². The van der Waals surface area contributed by atoms with Crippen molar-refractivity contribution in [2.75, 3.05) is 45.9 Å². The molecule has 0 spiro atoms. The van der Waals surface area contributed by atoms with Crippen molar-refractivity contribution in [2.45, 2.75) is 12.1 Å². The molecule has 0 heterocycles. The van der Waals surface area contributed by atoms with Gasteiger partial charge < -0.3 is 35.7 Å². The Labute approximate surface area is 132 Å². The molecular formula is C12H24N3O8+. The number of aliphatic hydroxyl groups is 2. The summed E-state index contributed by atoms with van der Waals surface area (Å²) in [6.07, 6.45) is 0. The molecule has 11 heteroatoms. The molecule has 0 radical (unpaired) electrons. The van der Waals surface area contributed by atoms with E-state index in [9.17, 15) is 19.5 Å². The molecule has 0 saturated carbocycles. The summed E-state index contributed by atoms with van der Waals surface area (Å²) in [6, 6.07) is -2.59. The molecule has 0 aliphatic rings. The lowest BCUT2D eigenvalue weighted by Crippen LogP contribution is -2.62. The van der Waals surface area contributed by atoms with Crippen LogP contribution in [0.5, 0.6) is 0 Å². The van der Waals surface area contributed by atoms with Crippen LogP contribution >= 0.6 is 0 Å². The molecule has 0 rings (SSSR count). The average molecular weight is 338 g/mol. The topological polar surface area (TPSA) is 190 Å². The number of quaternary nitrogens is 1. The van der Waals surface area contributed by atoms with Gasteiger partial charge in [0.15, 0.2) is 12.6 Å². The molecule has 0 aliphatic heterocycles. The number of hydrogen-bond donors (Lipinski definition) is 7. The normalized spacial score (nSPS) is 14.2. The molecular weight excluding hydrogens is 314 g/mol. The molecule has 11 nitrogen and oxygen atoms in total. The second-order valence-corrected chi connectivity index (χ2v) is 5.21. The van der Waals surface area contributed by atoms with E-state index in [-0.39, 0.29) is 30.7 Å². The number of hydrogen-bond acceptors (Lipinski definition) is 7. The summed E-state index contributed by atoms with van der Waals surface area (Å²) in [4.78, 5) is 33.0. The Morgan fingerprint density at radius 2 is 1.52 bits per heavy atom. The van der Waals surface area contributed by atoms with Gasteiger partial charge in [-0.1, -0.05) is 0 Å². The number of nitrogens with zero attached hydrogens (tertiary/aromatic N) is 1. The van der Waals surface area contributed by atoms with Crippen LogP contribution in [0.15, 0.2) is 0 Å². The molecule has 0 fully saturated rings. The Balaban J connectivity index is 5.14. The van der Waals surface area contributed by atoms with Crippen LogP contribution in [0, 0.1) is 0 Å². The summed E-state index contributed by atoms with van der Waals surface area (Å²) in [6.45, 7) is -1.99. The lowest BCUT2D eigenvalue weighted by atomic mass is 10.2. The zero-order chi connectivity index (χ0) is 18.0. The Morgan fingerprint density at radius 1 is 1.00 bits per heavy atom. The van der Waals surface area contributed by atoms with Crippen LogP contribution < -0.4 is 11.1 Å². The number of carbonyl (C=O) groups is 3. The van der Waals surface area contributed by atoms with Gasteiger partial charge in [0.1, 0.15) is 25.7 Å². The van der Waals surface area contributed by atoms with E-state index >= 15 is 0 Å². The van der Waals surface area contributed by atoms with Crippen molar-refractivity contribution in [1.29, 1.82) is 0 Å². The zero-order valence-electron chi connectivity index (χ0n) is 12.6. The molecule has 8 N–H and O–H groups in total. The van der Waals surface area contributed by atoms with Gasteiger partial charge in [0.05, 0.1) is 13.2 Å². The fourth-order valence-corrected chi connectivity index (χ4v) is 2.20. The van der Waals surface area contributed by atoms with Crippen molar-refractivity contribution in [2.24, 2.45) is 5.73 Å². The van der Waals surface area contributed by atoms with Gasteiger partial charge in [-0.2, -0.15) is 0 Å². The Kier molecular flexibility index (Phi) is 9.29. The van der Waals surface area contributed by atoms with E-state index in [1.54, 1.807) is 0 Å². The summed E-state index contributed by atoms with van der Waals surface area (Å²) in [5.74, 6) is -3.83. The third kappa shape index (κ3) is 7.85. The molecule has 0 bridgehead atoms. The third-order valence-electron chi connectivity index (χ3n) is 3.39.